The predicted molar refractivity (Wildman–Crippen MR) is 50.1 cm³/mol. The van der Waals surface area contributed by atoms with E-state index >= 15 is 0 Å². The fraction of sp³-hybridized carbons (Fsp3) is 0.625. The summed E-state index contributed by atoms with van der Waals surface area (Å²) in [5.41, 5.74) is 0. The van der Waals surface area contributed by atoms with Crippen LogP contribution in [0.1, 0.15) is 13.8 Å². The van der Waals surface area contributed by atoms with Gasteiger partial charge >= 0.3 is 5.97 Å². The summed E-state index contributed by atoms with van der Waals surface area (Å²) in [6.07, 6.45) is 0. The van der Waals surface area contributed by atoms with Crippen molar-refractivity contribution in [2.75, 3.05) is 13.2 Å². The second kappa shape index (κ2) is 6.06. The van der Waals surface area contributed by atoms with Crippen LogP contribution < -0.4 is 0 Å². The smallest absolute Gasteiger partial charge is 0.372 e. The van der Waals surface area contributed by atoms with E-state index < -0.39 is 5.97 Å². The highest BCUT2D eigenvalue weighted by molar-refractivity contribution is 9.09. The number of carbonyl (C=O) groups excluding carboxylic acids is 1. The third kappa shape index (κ3) is 5.18. The Morgan fingerprint density at radius 3 is 2.58 bits per heavy atom. The first kappa shape index (κ1) is 11.5. The Morgan fingerprint density at radius 2 is 2.17 bits per heavy atom. The zero-order valence-electron chi connectivity index (χ0n) is 7.30. The minimum Gasteiger partial charge on any atom is -0.486 e. The van der Waals surface area contributed by atoms with Crippen molar-refractivity contribution in [2.45, 2.75) is 18.7 Å². The SMILES string of the molecule is C=C(OCC(C)Br)C(=O)OCC. The molecule has 3 nitrogen and oxygen atoms in total. The average Bonchev–Trinajstić information content (AvgIpc) is 2.00. The Morgan fingerprint density at radius 1 is 1.58 bits per heavy atom. The summed E-state index contributed by atoms with van der Waals surface area (Å²) in [6.45, 7) is 7.83. The van der Waals surface area contributed by atoms with Gasteiger partial charge in [0.15, 0.2) is 5.76 Å². The van der Waals surface area contributed by atoms with Gasteiger partial charge in [-0.15, -0.1) is 0 Å². The summed E-state index contributed by atoms with van der Waals surface area (Å²) >= 11 is 3.27. The first-order valence-electron chi connectivity index (χ1n) is 3.70. The summed E-state index contributed by atoms with van der Waals surface area (Å²) in [7, 11) is 0. The number of halogens is 1. The standard InChI is InChI=1S/C8H13BrO3/c1-4-11-8(10)7(3)12-5-6(2)9/h6H,3-5H2,1-2H3. The molecular weight excluding hydrogens is 224 g/mol. The third-order valence-corrected chi connectivity index (χ3v) is 1.25. The molecule has 0 spiro atoms. The maximum absolute atomic E-state index is 10.9. The Bertz CT molecular complexity index is 166. The summed E-state index contributed by atoms with van der Waals surface area (Å²) < 4.78 is 9.66. The lowest BCUT2D eigenvalue weighted by Gasteiger charge is -2.08. The van der Waals surface area contributed by atoms with Crippen LogP contribution in [0.15, 0.2) is 12.3 Å². The molecule has 1 atom stereocenters. The highest BCUT2D eigenvalue weighted by Gasteiger charge is 2.09. The van der Waals surface area contributed by atoms with Crippen molar-refractivity contribution in [3.8, 4) is 0 Å². The van der Waals surface area contributed by atoms with E-state index in [2.05, 4.69) is 27.2 Å². The van der Waals surface area contributed by atoms with Crippen molar-refractivity contribution in [2.24, 2.45) is 0 Å². The van der Waals surface area contributed by atoms with Crippen LogP contribution in [0.4, 0.5) is 0 Å². The molecule has 0 aromatic heterocycles. The average molecular weight is 237 g/mol. The van der Waals surface area contributed by atoms with Gasteiger partial charge < -0.3 is 9.47 Å². The molecule has 12 heavy (non-hydrogen) atoms. The van der Waals surface area contributed by atoms with Crippen molar-refractivity contribution in [3.63, 3.8) is 0 Å². The van der Waals surface area contributed by atoms with E-state index in [-0.39, 0.29) is 10.6 Å². The van der Waals surface area contributed by atoms with E-state index in [4.69, 9.17) is 4.74 Å². The topological polar surface area (TPSA) is 35.5 Å². The number of alkyl halides is 1. The van der Waals surface area contributed by atoms with E-state index in [1.165, 1.54) is 0 Å². The lowest BCUT2D eigenvalue weighted by Crippen LogP contribution is -2.12. The first-order valence-corrected chi connectivity index (χ1v) is 4.62. The second-order valence-electron chi connectivity index (χ2n) is 2.24. The maximum atomic E-state index is 10.9. The van der Waals surface area contributed by atoms with Gasteiger partial charge in [-0.1, -0.05) is 15.9 Å². The molecule has 0 amide bonds. The van der Waals surface area contributed by atoms with Gasteiger partial charge in [0.25, 0.3) is 0 Å². The monoisotopic (exact) mass is 236 g/mol. The van der Waals surface area contributed by atoms with Gasteiger partial charge in [0.1, 0.15) is 6.61 Å². The van der Waals surface area contributed by atoms with Crippen LogP contribution in [0.5, 0.6) is 0 Å². The van der Waals surface area contributed by atoms with E-state index in [0.717, 1.165) is 0 Å². The fourth-order valence-corrected chi connectivity index (χ4v) is 0.618. The lowest BCUT2D eigenvalue weighted by molar-refractivity contribution is -0.142. The molecule has 0 aliphatic heterocycles. The van der Waals surface area contributed by atoms with Crippen LogP contribution in [0, 0.1) is 0 Å². The highest BCUT2D eigenvalue weighted by Crippen LogP contribution is 2.03. The fourth-order valence-electron chi connectivity index (χ4n) is 0.486. The highest BCUT2D eigenvalue weighted by atomic mass is 79.9. The largest absolute Gasteiger partial charge is 0.486 e. The minimum atomic E-state index is -0.495. The molecule has 0 rings (SSSR count). The van der Waals surface area contributed by atoms with Gasteiger partial charge in [-0.25, -0.2) is 4.79 Å². The molecule has 0 aliphatic rings. The summed E-state index contributed by atoms with van der Waals surface area (Å²) in [6, 6.07) is 0. The number of rotatable bonds is 5. The molecule has 0 saturated heterocycles. The van der Waals surface area contributed by atoms with Gasteiger partial charge in [0, 0.05) is 4.83 Å². The number of hydrogen-bond acceptors (Lipinski definition) is 3. The van der Waals surface area contributed by atoms with E-state index in [1.807, 2.05) is 6.92 Å². The molecule has 0 bridgehead atoms. The molecule has 0 aromatic carbocycles. The molecule has 1 unspecified atom stereocenters. The summed E-state index contributed by atoms with van der Waals surface area (Å²) in [4.78, 5) is 11.1. The van der Waals surface area contributed by atoms with Crippen molar-refractivity contribution in [1.29, 1.82) is 0 Å². The maximum Gasteiger partial charge on any atom is 0.372 e. The number of ether oxygens (including phenoxy) is 2. The van der Waals surface area contributed by atoms with Crippen LogP contribution in [0.2, 0.25) is 0 Å². The van der Waals surface area contributed by atoms with Gasteiger partial charge in [-0.3, -0.25) is 0 Å². The molecule has 4 heteroatoms. The van der Waals surface area contributed by atoms with Crippen LogP contribution in [-0.4, -0.2) is 24.0 Å². The van der Waals surface area contributed by atoms with Gasteiger partial charge in [-0.05, 0) is 20.4 Å². The number of esters is 1. The van der Waals surface area contributed by atoms with Crippen LogP contribution in [0.25, 0.3) is 0 Å². The van der Waals surface area contributed by atoms with Crippen LogP contribution >= 0.6 is 15.9 Å². The van der Waals surface area contributed by atoms with Crippen LogP contribution in [-0.2, 0) is 14.3 Å². The van der Waals surface area contributed by atoms with E-state index in [1.54, 1.807) is 6.92 Å². The quantitative estimate of drug-likeness (QED) is 0.317. The normalized spacial score (nSPS) is 11.9. The Kier molecular flexibility index (Phi) is 5.80. The van der Waals surface area contributed by atoms with Crippen molar-refractivity contribution in [3.05, 3.63) is 12.3 Å². The first-order chi connectivity index (χ1) is 5.57. The van der Waals surface area contributed by atoms with Crippen LogP contribution in [0.3, 0.4) is 0 Å². The summed E-state index contributed by atoms with van der Waals surface area (Å²) in [5.74, 6) is -0.436. The van der Waals surface area contributed by atoms with Gasteiger partial charge in [-0.2, -0.15) is 0 Å². The van der Waals surface area contributed by atoms with E-state index in [9.17, 15) is 4.79 Å². The van der Waals surface area contributed by atoms with Crippen molar-refractivity contribution in [1.82, 2.24) is 0 Å². The molecule has 0 heterocycles. The van der Waals surface area contributed by atoms with Gasteiger partial charge in [0.05, 0.1) is 6.61 Å². The summed E-state index contributed by atoms with van der Waals surface area (Å²) in [5, 5.41) is 0. The minimum absolute atomic E-state index is 0.0585. The Labute approximate surface area is 80.9 Å². The molecular formula is C8H13BrO3. The molecule has 0 radical (unpaired) electrons. The molecule has 0 N–H and O–H groups in total. The molecule has 0 aromatic rings. The van der Waals surface area contributed by atoms with Gasteiger partial charge in [0.2, 0.25) is 0 Å². The zero-order valence-corrected chi connectivity index (χ0v) is 8.89. The Hall–Kier alpha value is -0.510. The third-order valence-electron chi connectivity index (χ3n) is 0.990. The molecule has 0 saturated carbocycles. The van der Waals surface area contributed by atoms with Crippen molar-refractivity contribution >= 4 is 21.9 Å². The zero-order chi connectivity index (χ0) is 9.56. The molecule has 0 fully saturated rings. The molecule has 0 aliphatic carbocycles. The molecule has 70 valence electrons. The van der Waals surface area contributed by atoms with E-state index in [0.29, 0.717) is 13.2 Å². The predicted octanol–water partition coefficient (Wildman–Crippen LogP) is 1.86. The second-order valence-corrected chi connectivity index (χ2v) is 3.80. The number of hydrogen-bond donors (Lipinski definition) is 0. The Balaban J connectivity index is 3.65. The lowest BCUT2D eigenvalue weighted by atomic mass is 10.5. The van der Waals surface area contributed by atoms with Crippen molar-refractivity contribution < 1.29 is 14.3 Å². The number of carbonyl (C=O) groups is 1.